The molecule has 0 bridgehead atoms. The average Bonchev–Trinajstić information content (AvgIpc) is 2.34. The van der Waals surface area contributed by atoms with Crippen LogP contribution in [0.25, 0.3) is 0 Å². The highest BCUT2D eigenvalue weighted by Gasteiger charge is 2.09. The number of unbranched alkanes of at least 4 members (excludes halogenated alkanes) is 6. The zero-order chi connectivity index (χ0) is 13.6. The van der Waals surface area contributed by atoms with Gasteiger partial charge in [-0.25, -0.2) is 0 Å². The van der Waals surface area contributed by atoms with E-state index in [2.05, 4.69) is 6.92 Å². The van der Waals surface area contributed by atoms with Gasteiger partial charge in [-0.2, -0.15) is 0 Å². The molecule has 0 amide bonds. The highest BCUT2D eigenvalue weighted by atomic mass is 16.6. The van der Waals surface area contributed by atoms with Crippen LogP contribution in [0.15, 0.2) is 0 Å². The molecule has 0 heterocycles. The Balaban J connectivity index is 3.41. The Morgan fingerprint density at radius 2 is 1.33 bits per heavy atom. The number of esters is 2. The largest absolute Gasteiger partial charge is 0.393 e. The summed E-state index contributed by atoms with van der Waals surface area (Å²) in [4.78, 5) is 22.6. The van der Waals surface area contributed by atoms with Gasteiger partial charge in [0, 0.05) is 12.8 Å². The van der Waals surface area contributed by atoms with Crippen molar-refractivity contribution in [2.75, 3.05) is 6.54 Å². The first kappa shape index (κ1) is 17.1. The second kappa shape index (κ2) is 12.6. The van der Waals surface area contributed by atoms with Gasteiger partial charge in [0.05, 0.1) is 0 Å². The van der Waals surface area contributed by atoms with E-state index < -0.39 is 0 Å². The lowest BCUT2D eigenvalue weighted by atomic mass is 10.1. The molecule has 0 aromatic rings. The predicted octanol–water partition coefficient (Wildman–Crippen LogP) is 2.94. The quantitative estimate of drug-likeness (QED) is 0.351. The molecule has 4 nitrogen and oxygen atoms in total. The molecule has 0 fully saturated rings. The van der Waals surface area contributed by atoms with Crippen LogP contribution in [0.1, 0.15) is 71.1 Å². The Morgan fingerprint density at radius 1 is 0.833 bits per heavy atom. The van der Waals surface area contributed by atoms with E-state index in [1.165, 1.54) is 0 Å². The van der Waals surface area contributed by atoms with Gasteiger partial charge in [-0.05, 0) is 25.8 Å². The number of hydrogen-bond donors (Lipinski definition) is 1. The molecule has 0 saturated carbocycles. The lowest BCUT2D eigenvalue weighted by Crippen LogP contribution is -2.11. The number of carbonyl (C=O) groups excluding carboxylic acids is 2. The van der Waals surface area contributed by atoms with Crippen LogP contribution in [-0.4, -0.2) is 18.5 Å². The molecule has 0 aliphatic carbocycles. The van der Waals surface area contributed by atoms with Crippen LogP contribution >= 0.6 is 0 Å². The number of hydrogen-bond acceptors (Lipinski definition) is 4. The van der Waals surface area contributed by atoms with Crippen molar-refractivity contribution in [1.82, 2.24) is 0 Å². The Hall–Kier alpha value is -0.900. The van der Waals surface area contributed by atoms with Crippen molar-refractivity contribution in [3.05, 3.63) is 0 Å². The van der Waals surface area contributed by atoms with Crippen LogP contribution in [0, 0.1) is 0 Å². The van der Waals surface area contributed by atoms with Gasteiger partial charge in [-0.15, -0.1) is 0 Å². The molecule has 2 N–H and O–H groups in total. The van der Waals surface area contributed by atoms with Gasteiger partial charge in [-0.1, -0.05) is 39.0 Å². The minimum atomic E-state index is -0.386. The molecule has 0 aliphatic rings. The Kier molecular flexibility index (Phi) is 11.9. The highest BCUT2D eigenvalue weighted by Crippen LogP contribution is 2.06. The standard InChI is InChI=1S/C14H27NO3/c1-2-3-4-7-10-13(16)18-14(17)11-8-5-6-9-12-15/h2-12,15H2,1H3. The minimum Gasteiger partial charge on any atom is -0.393 e. The van der Waals surface area contributed by atoms with Crippen molar-refractivity contribution >= 4 is 11.9 Å². The Morgan fingerprint density at radius 3 is 1.83 bits per heavy atom. The van der Waals surface area contributed by atoms with Crippen molar-refractivity contribution in [3.63, 3.8) is 0 Å². The summed E-state index contributed by atoms with van der Waals surface area (Å²) < 4.78 is 4.73. The second-order valence-corrected chi connectivity index (χ2v) is 4.61. The van der Waals surface area contributed by atoms with E-state index in [0.29, 0.717) is 19.4 Å². The number of rotatable bonds is 11. The van der Waals surface area contributed by atoms with Crippen molar-refractivity contribution in [2.45, 2.75) is 71.1 Å². The monoisotopic (exact) mass is 257 g/mol. The normalized spacial score (nSPS) is 10.3. The first-order valence-electron chi connectivity index (χ1n) is 7.14. The molecule has 0 radical (unpaired) electrons. The van der Waals surface area contributed by atoms with Gasteiger partial charge < -0.3 is 10.5 Å². The van der Waals surface area contributed by atoms with Crippen molar-refractivity contribution in [1.29, 1.82) is 0 Å². The summed E-state index contributed by atoms with van der Waals surface area (Å²) in [6.45, 7) is 2.81. The van der Waals surface area contributed by atoms with Crippen LogP contribution < -0.4 is 5.73 Å². The van der Waals surface area contributed by atoms with E-state index in [4.69, 9.17) is 10.5 Å². The molecule has 4 heteroatoms. The zero-order valence-electron chi connectivity index (χ0n) is 11.6. The third-order valence-electron chi connectivity index (χ3n) is 2.80. The van der Waals surface area contributed by atoms with Gasteiger partial charge >= 0.3 is 11.9 Å². The third-order valence-corrected chi connectivity index (χ3v) is 2.80. The summed E-state index contributed by atoms with van der Waals surface area (Å²) in [5, 5.41) is 0. The van der Waals surface area contributed by atoms with Crippen LogP contribution in [0.2, 0.25) is 0 Å². The second-order valence-electron chi connectivity index (χ2n) is 4.61. The van der Waals surface area contributed by atoms with E-state index in [1.54, 1.807) is 0 Å². The molecule has 0 spiro atoms. The Labute approximate surface area is 110 Å². The van der Waals surface area contributed by atoms with Gasteiger partial charge in [0.1, 0.15) is 0 Å². The summed E-state index contributed by atoms with van der Waals surface area (Å²) >= 11 is 0. The van der Waals surface area contributed by atoms with E-state index in [9.17, 15) is 9.59 Å². The van der Waals surface area contributed by atoms with Crippen LogP contribution in [0.5, 0.6) is 0 Å². The maximum Gasteiger partial charge on any atom is 0.313 e. The van der Waals surface area contributed by atoms with Crippen molar-refractivity contribution in [2.24, 2.45) is 5.73 Å². The fourth-order valence-electron chi connectivity index (χ4n) is 1.69. The smallest absolute Gasteiger partial charge is 0.313 e. The maximum absolute atomic E-state index is 11.3. The predicted molar refractivity (Wildman–Crippen MR) is 72.0 cm³/mol. The molecule has 0 aromatic carbocycles. The van der Waals surface area contributed by atoms with E-state index >= 15 is 0 Å². The van der Waals surface area contributed by atoms with Crippen molar-refractivity contribution in [3.8, 4) is 0 Å². The third kappa shape index (κ3) is 11.6. The minimum absolute atomic E-state index is 0.339. The maximum atomic E-state index is 11.3. The molecule has 0 atom stereocenters. The SMILES string of the molecule is CCCCCCC(=O)OC(=O)CCCCCCN. The highest BCUT2D eigenvalue weighted by molar-refractivity contribution is 5.85. The van der Waals surface area contributed by atoms with E-state index in [-0.39, 0.29) is 11.9 Å². The summed E-state index contributed by atoms with van der Waals surface area (Å²) in [6.07, 6.45) is 8.58. The van der Waals surface area contributed by atoms with Gasteiger partial charge in [0.15, 0.2) is 0 Å². The van der Waals surface area contributed by atoms with Crippen molar-refractivity contribution < 1.29 is 14.3 Å². The molecule has 0 unspecified atom stereocenters. The number of nitrogens with two attached hydrogens (primary N) is 1. The van der Waals surface area contributed by atoms with Crippen LogP contribution in [-0.2, 0) is 14.3 Å². The molecule has 106 valence electrons. The van der Waals surface area contributed by atoms with Crippen LogP contribution in [0.4, 0.5) is 0 Å². The number of ether oxygens (including phenoxy) is 1. The van der Waals surface area contributed by atoms with Gasteiger partial charge in [0.2, 0.25) is 0 Å². The lowest BCUT2D eigenvalue weighted by molar-refractivity contribution is -0.159. The molecule has 0 aromatic heterocycles. The number of carbonyl (C=O) groups is 2. The molecule has 18 heavy (non-hydrogen) atoms. The molecular weight excluding hydrogens is 230 g/mol. The summed E-state index contributed by atoms with van der Waals surface area (Å²) in [6, 6.07) is 0. The van der Waals surface area contributed by atoms with Gasteiger partial charge in [-0.3, -0.25) is 9.59 Å². The summed E-state index contributed by atoms with van der Waals surface area (Å²) in [5.74, 6) is -0.763. The fraction of sp³-hybridized carbons (Fsp3) is 0.857. The van der Waals surface area contributed by atoms with E-state index in [0.717, 1.165) is 51.4 Å². The lowest BCUT2D eigenvalue weighted by Gasteiger charge is -2.03. The molecule has 0 aliphatic heterocycles. The fourth-order valence-corrected chi connectivity index (χ4v) is 1.69. The van der Waals surface area contributed by atoms with E-state index in [1.807, 2.05) is 0 Å². The van der Waals surface area contributed by atoms with Crippen LogP contribution in [0.3, 0.4) is 0 Å². The zero-order valence-corrected chi connectivity index (χ0v) is 11.6. The molecule has 0 rings (SSSR count). The topological polar surface area (TPSA) is 69.4 Å². The first-order chi connectivity index (χ1) is 8.70. The average molecular weight is 257 g/mol. The van der Waals surface area contributed by atoms with Gasteiger partial charge in [0.25, 0.3) is 0 Å². The molecular formula is C14H27NO3. The summed E-state index contributed by atoms with van der Waals surface area (Å²) in [5.41, 5.74) is 5.37. The first-order valence-corrected chi connectivity index (χ1v) is 7.14. The Bertz CT molecular complexity index is 229. The molecule has 0 saturated heterocycles. The summed E-state index contributed by atoms with van der Waals surface area (Å²) in [7, 11) is 0.